The fourth-order valence-electron chi connectivity index (χ4n) is 7.50. The second-order valence-electron chi connectivity index (χ2n) is 12.8. The molecule has 6 aromatic carbocycles. The van der Waals surface area contributed by atoms with E-state index in [-0.39, 0.29) is 0 Å². The number of aromatic nitrogens is 4. The summed E-state index contributed by atoms with van der Waals surface area (Å²) in [5, 5.41) is 7.10. The normalized spacial score (nSPS) is 12.4. The molecule has 0 atom stereocenters. The molecule has 0 aliphatic carbocycles. The van der Waals surface area contributed by atoms with Gasteiger partial charge in [-0.3, -0.25) is 0 Å². The number of thiophene rings is 1. The first-order chi connectivity index (χ1) is 25.7. The van der Waals surface area contributed by atoms with E-state index in [9.17, 15) is 0 Å². The highest BCUT2D eigenvalue weighted by Gasteiger charge is 2.25. The summed E-state index contributed by atoms with van der Waals surface area (Å²) in [6.07, 6.45) is 7.66. The molecule has 0 amide bonds. The van der Waals surface area contributed by atoms with Crippen molar-refractivity contribution in [1.29, 1.82) is 0 Å². The van der Waals surface area contributed by atoms with Gasteiger partial charge in [-0.25, -0.2) is 15.0 Å². The third kappa shape index (κ3) is 4.58. The molecule has 6 heteroatoms. The van der Waals surface area contributed by atoms with E-state index < -0.39 is 0 Å². The Morgan fingerprint density at radius 2 is 1.35 bits per heavy atom. The average molecular weight is 687 g/mol. The highest BCUT2D eigenvalue weighted by atomic mass is 32.1. The summed E-state index contributed by atoms with van der Waals surface area (Å²) in [5.41, 5.74) is 7.83. The molecule has 0 aliphatic heterocycles. The summed E-state index contributed by atoms with van der Waals surface area (Å²) in [5.74, 6) is 1.82. The van der Waals surface area contributed by atoms with Gasteiger partial charge in [-0.1, -0.05) is 116 Å². The van der Waals surface area contributed by atoms with Gasteiger partial charge in [-0.05, 0) is 49.4 Å². The van der Waals surface area contributed by atoms with Crippen molar-refractivity contribution < 1.29 is 4.42 Å². The lowest BCUT2D eigenvalue weighted by Gasteiger charge is -2.11. The first kappa shape index (κ1) is 30.2. The molecule has 0 radical (unpaired) electrons. The molecule has 0 aliphatic rings. The number of allylic oxidation sites excluding steroid dienone is 5. The third-order valence-corrected chi connectivity index (χ3v) is 10.9. The number of furan rings is 1. The van der Waals surface area contributed by atoms with Crippen molar-refractivity contribution in [2.75, 3.05) is 0 Å². The Hall–Kier alpha value is -6.63. The van der Waals surface area contributed by atoms with Crippen LogP contribution in [0.3, 0.4) is 0 Å². The number of hydrogen-bond acceptors (Lipinski definition) is 5. The van der Waals surface area contributed by atoms with E-state index in [4.69, 9.17) is 19.4 Å². The number of benzene rings is 6. The van der Waals surface area contributed by atoms with Crippen LogP contribution in [0.2, 0.25) is 0 Å². The third-order valence-electron chi connectivity index (χ3n) is 9.71. The molecule has 4 aromatic heterocycles. The molecule has 0 saturated heterocycles. The van der Waals surface area contributed by atoms with Gasteiger partial charge in [0.2, 0.25) is 0 Å². The van der Waals surface area contributed by atoms with E-state index in [0.717, 1.165) is 55.4 Å². The van der Waals surface area contributed by atoms with Crippen molar-refractivity contribution in [2.24, 2.45) is 0 Å². The Bertz CT molecular complexity index is 3060. The highest BCUT2D eigenvalue weighted by Crippen LogP contribution is 2.50. The number of fused-ring (bicyclic) bond motifs is 12. The molecule has 5 nitrogen and oxygen atoms in total. The summed E-state index contributed by atoms with van der Waals surface area (Å²) in [4.78, 5) is 14.8. The molecule has 4 heterocycles. The van der Waals surface area contributed by atoms with Gasteiger partial charge in [-0.15, -0.1) is 11.3 Å². The summed E-state index contributed by atoms with van der Waals surface area (Å²) < 4.78 is 11.7. The molecule has 0 bridgehead atoms. The Morgan fingerprint density at radius 1 is 0.673 bits per heavy atom. The first-order valence-corrected chi connectivity index (χ1v) is 18.1. The van der Waals surface area contributed by atoms with Crippen LogP contribution < -0.4 is 0 Å². The maximum atomic E-state index is 6.77. The minimum atomic E-state index is 0.593. The smallest absolute Gasteiger partial charge is 0.164 e. The Labute approximate surface area is 303 Å². The molecular weight excluding hydrogens is 657 g/mol. The zero-order valence-electron chi connectivity index (χ0n) is 28.2. The Balaban J connectivity index is 1.24. The molecule has 10 rings (SSSR count). The molecule has 246 valence electrons. The topological polar surface area (TPSA) is 56.7 Å². The van der Waals surface area contributed by atoms with Gasteiger partial charge in [-0.2, -0.15) is 0 Å². The van der Waals surface area contributed by atoms with Crippen molar-refractivity contribution in [3.05, 3.63) is 164 Å². The van der Waals surface area contributed by atoms with E-state index in [1.807, 2.05) is 72.9 Å². The molecular formula is C46H30N4OS. The minimum Gasteiger partial charge on any atom is -0.455 e. The van der Waals surface area contributed by atoms with Crippen LogP contribution in [0.5, 0.6) is 0 Å². The van der Waals surface area contributed by atoms with Gasteiger partial charge >= 0.3 is 0 Å². The second kappa shape index (κ2) is 12.0. The van der Waals surface area contributed by atoms with Gasteiger partial charge in [0.05, 0.1) is 16.4 Å². The van der Waals surface area contributed by atoms with Crippen LogP contribution in [-0.2, 0) is 0 Å². The lowest BCUT2D eigenvalue weighted by molar-refractivity contribution is 0.673. The van der Waals surface area contributed by atoms with E-state index >= 15 is 0 Å². The molecule has 52 heavy (non-hydrogen) atoms. The quantitative estimate of drug-likeness (QED) is 0.163. The summed E-state index contributed by atoms with van der Waals surface area (Å²) >= 11 is 1.84. The molecule has 0 saturated carbocycles. The van der Waals surface area contributed by atoms with E-state index in [2.05, 4.69) is 102 Å². The van der Waals surface area contributed by atoms with Crippen molar-refractivity contribution in [3.63, 3.8) is 0 Å². The number of para-hydroxylation sites is 2. The molecule has 0 unspecified atom stereocenters. The standard InChI is InChI=1S/C46H30N4OS/c1-3-14-28(15-4-2)44-47-45(29-16-6-5-7-17-29)49-46(48-44)30-24-26-31(27-25-30)50-35-21-11-8-18-32(35)39-41(50)38-33-19-9-12-22-36(33)51-42(38)40-34-20-10-13-23-37(34)52-43(39)40/h3-27H,1H2,2H3/b15-4-,28-14+. The fourth-order valence-corrected chi connectivity index (χ4v) is 8.76. The van der Waals surface area contributed by atoms with Crippen LogP contribution in [-0.4, -0.2) is 19.5 Å². The van der Waals surface area contributed by atoms with Crippen LogP contribution in [0, 0.1) is 0 Å². The van der Waals surface area contributed by atoms with Gasteiger partial charge < -0.3 is 8.98 Å². The van der Waals surface area contributed by atoms with Crippen LogP contribution >= 0.6 is 11.3 Å². The van der Waals surface area contributed by atoms with Crippen molar-refractivity contribution >= 4 is 80.8 Å². The van der Waals surface area contributed by atoms with Gasteiger partial charge in [0.25, 0.3) is 0 Å². The SMILES string of the molecule is C=C/C=C(\C=C/C)c1nc(-c2ccccc2)nc(-c2ccc(-n3c4ccccc4c4c5sc6ccccc6c5c5oc6ccccc6c5c43)cc2)n1. The summed E-state index contributed by atoms with van der Waals surface area (Å²) in [6.45, 7) is 5.90. The maximum Gasteiger partial charge on any atom is 0.164 e. The number of nitrogens with zero attached hydrogens (tertiary/aromatic N) is 4. The predicted octanol–water partition coefficient (Wildman–Crippen LogP) is 12.7. The van der Waals surface area contributed by atoms with Crippen LogP contribution in [0.1, 0.15) is 12.7 Å². The van der Waals surface area contributed by atoms with Crippen LogP contribution in [0.15, 0.2) is 163 Å². The maximum absolute atomic E-state index is 6.77. The zero-order chi connectivity index (χ0) is 34.8. The van der Waals surface area contributed by atoms with E-state index in [1.165, 1.54) is 30.9 Å². The lowest BCUT2D eigenvalue weighted by Crippen LogP contribution is -2.02. The monoisotopic (exact) mass is 686 g/mol. The average Bonchev–Trinajstić information content (AvgIpc) is 3.88. The van der Waals surface area contributed by atoms with Gasteiger partial charge in [0, 0.05) is 58.7 Å². The predicted molar refractivity (Wildman–Crippen MR) is 218 cm³/mol. The minimum absolute atomic E-state index is 0.593. The van der Waals surface area contributed by atoms with Crippen molar-refractivity contribution in [2.45, 2.75) is 6.92 Å². The molecule has 10 aromatic rings. The van der Waals surface area contributed by atoms with E-state index in [1.54, 1.807) is 6.08 Å². The van der Waals surface area contributed by atoms with Gasteiger partial charge in [0.15, 0.2) is 17.5 Å². The van der Waals surface area contributed by atoms with Crippen LogP contribution in [0.4, 0.5) is 0 Å². The Kier molecular flexibility index (Phi) is 6.98. The largest absolute Gasteiger partial charge is 0.455 e. The molecule has 0 spiro atoms. The number of rotatable bonds is 6. The summed E-state index contributed by atoms with van der Waals surface area (Å²) in [6, 6.07) is 44.4. The Morgan fingerprint density at radius 3 is 2.12 bits per heavy atom. The molecule has 0 N–H and O–H groups in total. The first-order valence-electron chi connectivity index (χ1n) is 17.3. The van der Waals surface area contributed by atoms with E-state index in [0.29, 0.717) is 17.5 Å². The zero-order valence-corrected chi connectivity index (χ0v) is 29.1. The van der Waals surface area contributed by atoms with Crippen LogP contribution in [0.25, 0.3) is 98.0 Å². The van der Waals surface area contributed by atoms with Crippen molar-refractivity contribution in [3.8, 4) is 28.5 Å². The fraction of sp³-hybridized carbons (Fsp3) is 0.0217. The summed E-state index contributed by atoms with van der Waals surface area (Å²) in [7, 11) is 0. The lowest BCUT2D eigenvalue weighted by atomic mass is 10.0. The molecule has 0 fully saturated rings. The van der Waals surface area contributed by atoms with Crippen molar-refractivity contribution in [1.82, 2.24) is 19.5 Å². The highest BCUT2D eigenvalue weighted by molar-refractivity contribution is 7.27. The van der Waals surface area contributed by atoms with Gasteiger partial charge in [0.1, 0.15) is 11.2 Å². The second-order valence-corrected chi connectivity index (χ2v) is 13.8. The number of hydrogen-bond donors (Lipinski definition) is 0.